The van der Waals surface area contributed by atoms with Crippen molar-refractivity contribution in [1.82, 2.24) is 40.4 Å². The molecule has 2 saturated heterocycles. The number of benzene rings is 4. The molecular weight excluding hydrogens is 825 g/mol. The number of H-pyrrole nitrogens is 2. The molecule has 4 amide bonds. The van der Waals surface area contributed by atoms with E-state index in [0.717, 1.165) is 81.2 Å². The molecule has 338 valence electrons. The lowest BCUT2D eigenvalue weighted by Gasteiger charge is -2.32. The first-order chi connectivity index (χ1) is 31.2. The number of fused-ring (bicyclic) bond motifs is 6. The van der Waals surface area contributed by atoms with Crippen LogP contribution in [-0.2, 0) is 25.7 Å². The molecule has 9 rings (SSSR count). The molecule has 4 aromatic carbocycles. The number of methoxy groups -OCH3 is 1. The Morgan fingerprint density at radius 1 is 0.862 bits per heavy atom. The Balaban J connectivity index is 0.957. The van der Waals surface area contributed by atoms with Crippen molar-refractivity contribution in [2.24, 2.45) is 5.92 Å². The zero-order chi connectivity index (χ0) is 45.7. The molecule has 5 heterocycles. The summed E-state index contributed by atoms with van der Waals surface area (Å²) in [6.45, 7) is 12.1. The third kappa shape index (κ3) is 8.47. The van der Waals surface area contributed by atoms with Gasteiger partial charge in [-0.05, 0) is 111 Å². The molecule has 3 aliphatic heterocycles. The Kier molecular flexibility index (Phi) is 11.5. The van der Waals surface area contributed by atoms with Gasteiger partial charge >= 0.3 is 12.2 Å². The van der Waals surface area contributed by atoms with E-state index in [2.05, 4.69) is 57.0 Å². The molecule has 0 spiro atoms. The largest absolute Gasteiger partial charge is 0.488 e. The van der Waals surface area contributed by atoms with Crippen molar-refractivity contribution in [3.63, 3.8) is 0 Å². The number of likely N-dealkylation sites (tertiary alicyclic amines) is 2. The molecule has 4 N–H and O–H groups in total. The predicted molar refractivity (Wildman–Crippen MR) is 246 cm³/mol. The number of aromatic nitrogens is 4. The topological polar surface area (TPSA) is 184 Å². The maximum Gasteiger partial charge on any atom is 0.408 e. The van der Waals surface area contributed by atoms with Crippen LogP contribution in [0, 0.1) is 5.92 Å². The first-order valence-electron chi connectivity index (χ1n) is 22.5. The van der Waals surface area contributed by atoms with Crippen molar-refractivity contribution >= 4 is 45.8 Å². The third-order valence-corrected chi connectivity index (χ3v) is 12.8. The van der Waals surface area contributed by atoms with Crippen LogP contribution in [0.5, 0.6) is 5.75 Å². The number of carbonyl (C=O) groups excluding carboxylic acids is 4. The van der Waals surface area contributed by atoms with Crippen molar-refractivity contribution in [2.45, 2.75) is 110 Å². The molecule has 2 fully saturated rings. The smallest absolute Gasteiger partial charge is 0.408 e. The van der Waals surface area contributed by atoms with Gasteiger partial charge in [-0.15, -0.1) is 0 Å². The second kappa shape index (κ2) is 17.2. The lowest BCUT2D eigenvalue weighted by atomic mass is 9.92. The molecular formula is C50H56N8O7. The summed E-state index contributed by atoms with van der Waals surface area (Å²) in [6.07, 6.45) is 3.61. The van der Waals surface area contributed by atoms with E-state index in [9.17, 15) is 19.2 Å². The molecule has 65 heavy (non-hydrogen) atoms. The summed E-state index contributed by atoms with van der Waals surface area (Å²) in [5.41, 5.74) is 6.48. The Morgan fingerprint density at radius 3 is 2.42 bits per heavy atom. The van der Waals surface area contributed by atoms with Crippen LogP contribution >= 0.6 is 0 Å². The minimum atomic E-state index is -0.928. The molecule has 15 heteroatoms. The van der Waals surface area contributed by atoms with Crippen LogP contribution in [0.3, 0.4) is 0 Å². The monoisotopic (exact) mass is 880 g/mol. The van der Waals surface area contributed by atoms with Crippen LogP contribution in [0.2, 0.25) is 0 Å². The van der Waals surface area contributed by atoms with Crippen LogP contribution < -0.4 is 15.4 Å². The highest BCUT2D eigenvalue weighted by molar-refractivity contribution is 6.07. The average molecular weight is 881 g/mol. The Labute approximate surface area is 377 Å². The summed E-state index contributed by atoms with van der Waals surface area (Å²) in [7, 11) is 1.29. The fourth-order valence-electron chi connectivity index (χ4n) is 9.61. The molecule has 3 aliphatic rings. The quantitative estimate of drug-likeness (QED) is 0.110. The number of aromatic amines is 2. The molecule has 5 atom stereocenters. The number of imidazole rings is 2. The molecule has 5 unspecified atom stereocenters. The highest BCUT2D eigenvalue weighted by Crippen LogP contribution is 2.44. The van der Waals surface area contributed by atoms with E-state index in [1.54, 1.807) is 20.8 Å². The summed E-state index contributed by atoms with van der Waals surface area (Å²) in [6, 6.07) is 21.6. The van der Waals surface area contributed by atoms with Gasteiger partial charge in [0.05, 0.1) is 42.1 Å². The van der Waals surface area contributed by atoms with Crippen LogP contribution in [0.1, 0.15) is 108 Å². The minimum Gasteiger partial charge on any atom is -0.488 e. The lowest BCUT2D eigenvalue weighted by molar-refractivity contribution is -0.137. The van der Waals surface area contributed by atoms with Gasteiger partial charge in [-0.1, -0.05) is 62.4 Å². The van der Waals surface area contributed by atoms with Gasteiger partial charge in [-0.2, -0.15) is 0 Å². The maximum absolute atomic E-state index is 14.4. The fraction of sp³-hybridized carbons (Fsp3) is 0.400. The van der Waals surface area contributed by atoms with E-state index in [-0.39, 0.29) is 35.9 Å². The van der Waals surface area contributed by atoms with Gasteiger partial charge in [0.2, 0.25) is 5.91 Å². The number of carbonyl (C=O) groups is 4. The first kappa shape index (κ1) is 43.4. The average Bonchev–Trinajstić information content (AvgIpc) is 4.12. The zero-order valence-electron chi connectivity index (χ0n) is 37.9. The van der Waals surface area contributed by atoms with E-state index < -0.39 is 29.9 Å². The Morgan fingerprint density at radius 2 is 1.66 bits per heavy atom. The number of amides is 4. The van der Waals surface area contributed by atoms with E-state index in [1.807, 2.05) is 73.2 Å². The molecule has 0 saturated carbocycles. The normalized spacial score (nSPS) is 19.1. The van der Waals surface area contributed by atoms with Gasteiger partial charge in [-0.25, -0.2) is 19.6 Å². The van der Waals surface area contributed by atoms with Gasteiger partial charge < -0.3 is 44.6 Å². The number of nitrogens with zero attached hydrogens (tertiary/aromatic N) is 4. The number of nitrogens with one attached hydrogen (secondary N) is 4. The standard InChI is InChI=1S/C50H56N8O7/c1-27(2)41(55-48(61)63-7)47(60)58-28(3)15-20-39(58)44-51-25-37(53-44)31-16-18-33-32(22-31)26-64-40-24-34-30(23-35(33)40)17-19-36-43(34)54-45(52-36)38-14-11-21-57(38)46(59)42(29-12-9-8-10-13-29)56-49(62)65-50(4,5)6/h8-10,12-13,16-19,22-25,27-28,38-39,41-42H,11,14-15,20-21,26H2,1-7H3,(H,51,53)(H,52,54)(H,55,61)(H,56,62). The number of rotatable bonds is 9. The summed E-state index contributed by atoms with van der Waals surface area (Å²) in [4.78, 5) is 74.0. The highest BCUT2D eigenvalue weighted by atomic mass is 16.6. The SMILES string of the molecule is COC(=O)NC(C(=O)N1C(C)CCC1c1ncc(-c2ccc3c(c2)COc2cc4c(ccc5[nH]c(C6CCCN6C(=O)C(NC(=O)OC(C)(C)C)c6ccccc6)nc54)cc2-3)[nH]1)C(C)C. The number of alkyl carbamates (subject to hydrolysis) is 2. The van der Waals surface area contributed by atoms with Gasteiger partial charge in [0.15, 0.2) is 0 Å². The van der Waals surface area contributed by atoms with Crippen LogP contribution in [-0.4, -0.2) is 85.1 Å². The molecule has 0 aliphatic carbocycles. The highest BCUT2D eigenvalue weighted by Gasteiger charge is 2.42. The molecule has 0 radical (unpaired) electrons. The van der Waals surface area contributed by atoms with E-state index >= 15 is 0 Å². The summed E-state index contributed by atoms with van der Waals surface area (Å²) >= 11 is 0. The zero-order valence-corrected chi connectivity index (χ0v) is 37.9. The second-order valence-corrected chi connectivity index (χ2v) is 18.7. The van der Waals surface area contributed by atoms with Gasteiger partial charge in [0.1, 0.15) is 41.7 Å². The van der Waals surface area contributed by atoms with Crippen LogP contribution in [0.4, 0.5) is 9.59 Å². The number of ether oxygens (including phenoxy) is 3. The molecule has 15 nitrogen and oxygen atoms in total. The first-order valence-corrected chi connectivity index (χ1v) is 22.5. The van der Waals surface area contributed by atoms with E-state index in [0.29, 0.717) is 30.4 Å². The fourth-order valence-corrected chi connectivity index (χ4v) is 9.61. The Hall–Kier alpha value is -6.90. The summed E-state index contributed by atoms with van der Waals surface area (Å²) in [5, 5.41) is 7.51. The van der Waals surface area contributed by atoms with Crippen molar-refractivity contribution in [1.29, 1.82) is 0 Å². The van der Waals surface area contributed by atoms with Crippen molar-refractivity contribution in [3.05, 3.63) is 102 Å². The van der Waals surface area contributed by atoms with Crippen molar-refractivity contribution in [2.75, 3.05) is 13.7 Å². The maximum atomic E-state index is 14.4. The van der Waals surface area contributed by atoms with Crippen molar-refractivity contribution in [3.8, 4) is 28.1 Å². The lowest BCUT2D eigenvalue weighted by Crippen LogP contribution is -2.52. The molecule has 6 aromatic rings. The van der Waals surface area contributed by atoms with E-state index in [1.165, 1.54) is 7.11 Å². The minimum absolute atomic E-state index is 0.0205. The molecule has 0 bridgehead atoms. The summed E-state index contributed by atoms with van der Waals surface area (Å²) in [5.74, 6) is 1.65. The van der Waals surface area contributed by atoms with Crippen LogP contribution in [0.15, 0.2) is 79.0 Å². The summed E-state index contributed by atoms with van der Waals surface area (Å²) < 4.78 is 16.8. The number of hydrogen-bond donors (Lipinski definition) is 4. The van der Waals surface area contributed by atoms with E-state index in [4.69, 9.17) is 24.2 Å². The second-order valence-electron chi connectivity index (χ2n) is 18.7. The molecule has 2 aromatic heterocycles. The predicted octanol–water partition coefficient (Wildman–Crippen LogP) is 9.03. The Bertz CT molecular complexity index is 2790. The van der Waals surface area contributed by atoms with Gasteiger partial charge in [0, 0.05) is 23.5 Å². The number of hydrogen-bond acceptors (Lipinski definition) is 9. The van der Waals surface area contributed by atoms with Gasteiger partial charge in [0.25, 0.3) is 5.91 Å². The third-order valence-electron chi connectivity index (χ3n) is 12.8. The van der Waals surface area contributed by atoms with Crippen molar-refractivity contribution < 1.29 is 33.4 Å². The van der Waals surface area contributed by atoms with Gasteiger partial charge in [-0.3, -0.25) is 9.59 Å². The van der Waals surface area contributed by atoms with Crippen LogP contribution in [0.25, 0.3) is 44.2 Å².